The highest BCUT2D eigenvalue weighted by atomic mass is 32.2. The lowest BCUT2D eigenvalue weighted by atomic mass is 10.0. The van der Waals surface area contributed by atoms with Crippen LogP contribution in [0.25, 0.3) is 0 Å². The van der Waals surface area contributed by atoms with E-state index in [0.29, 0.717) is 23.5 Å². The van der Waals surface area contributed by atoms with Crippen molar-refractivity contribution in [2.75, 3.05) is 7.11 Å². The largest absolute Gasteiger partial charge is 0.497 e. The lowest BCUT2D eigenvalue weighted by Gasteiger charge is -2.36. The summed E-state index contributed by atoms with van der Waals surface area (Å²) in [5, 5.41) is 9.77. The Morgan fingerprint density at radius 2 is 1.70 bits per heavy atom. The molecule has 0 aromatic heterocycles. The van der Waals surface area contributed by atoms with Gasteiger partial charge in [0.2, 0.25) is 10.0 Å². The van der Waals surface area contributed by atoms with Crippen molar-refractivity contribution in [2.45, 2.75) is 48.8 Å². The maximum atomic E-state index is 12.8. The fourth-order valence-electron chi connectivity index (χ4n) is 3.37. The van der Waals surface area contributed by atoms with Crippen LogP contribution in [0.1, 0.15) is 25.7 Å². The Morgan fingerprint density at radius 1 is 1.15 bits per heavy atom. The summed E-state index contributed by atoms with van der Waals surface area (Å²) in [6.07, 6.45) is 2.42. The van der Waals surface area contributed by atoms with Crippen LogP contribution >= 0.6 is 0 Å². The molecule has 110 valence electrons. The molecule has 2 fully saturated rings. The van der Waals surface area contributed by atoms with Crippen molar-refractivity contribution in [3.8, 4) is 5.75 Å². The van der Waals surface area contributed by atoms with Gasteiger partial charge in [-0.3, -0.25) is 0 Å². The van der Waals surface area contributed by atoms with Gasteiger partial charge in [0.1, 0.15) is 5.75 Å². The molecule has 1 aromatic rings. The highest BCUT2D eigenvalue weighted by molar-refractivity contribution is 7.89. The van der Waals surface area contributed by atoms with Gasteiger partial charge < -0.3 is 9.84 Å². The van der Waals surface area contributed by atoms with E-state index in [1.54, 1.807) is 35.7 Å². The van der Waals surface area contributed by atoms with Crippen LogP contribution in [0.3, 0.4) is 0 Å². The van der Waals surface area contributed by atoms with E-state index in [0.717, 1.165) is 12.8 Å². The Bertz CT molecular complexity index is 570. The van der Waals surface area contributed by atoms with Crippen molar-refractivity contribution >= 4 is 10.0 Å². The zero-order chi connectivity index (χ0) is 14.3. The molecule has 0 aliphatic carbocycles. The summed E-state index contributed by atoms with van der Waals surface area (Å²) < 4.78 is 32.2. The molecule has 2 saturated heterocycles. The molecule has 2 unspecified atom stereocenters. The minimum absolute atomic E-state index is 0.0594. The average Bonchev–Trinajstić information content (AvgIpc) is 2.72. The Morgan fingerprint density at radius 3 is 2.20 bits per heavy atom. The second-order valence-corrected chi connectivity index (χ2v) is 7.36. The molecule has 2 aliphatic heterocycles. The van der Waals surface area contributed by atoms with Gasteiger partial charge in [-0.25, -0.2) is 8.42 Å². The lowest BCUT2D eigenvalue weighted by Crippen LogP contribution is -2.47. The molecule has 2 aliphatic rings. The maximum Gasteiger partial charge on any atom is 0.243 e. The third-order valence-corrected chi connectivity index (χ3v) is 6.30. The molecular weight excluding hydrogens is 278 g/mol. The van der Waals surface area contributed by atoms with E-state index in [4.69, 9.17) is 4.74 Å². The molecule has 3 rings (SSSR count). The van der Waals surface area contributed by atoms with Gasteiger partial charge in [0.05, 0.1) is 18.1 Å². The van der Waals surface area contributed by atoms with Crippen molar-refractivity contribution in [2.24, 2.45) is 0 Å². The standard InChI is InChI=1S/C14H19NO4S/c1-19-13-4-6-14(7-5-13)20(17,18)15-10-2-3-11(15)9-12(16)8-10/h4-7,10-12,16H,2-3,8-9H2,1H3. The maximum absolute atomic E-state index is 12.8. The van der Waals surface area contributed by atoms with Crippen LogP contribution in [0.5, 0.6) is 5.75 Å². The number of rotatable bonds is 3. The number of sulfonamides is 1. The first-order valence-corrected chi connectivity index (χ1v) is 8.32. The Labute approximate surface area is 119 Å². The van der Waals surface area contributed by atoms with E-state index < -0.39 is 10.0 Å². The summed E-state index contributed by atoms with van der Waals surface area (Å²) >= 11 is 0. The smallest absolute Gasteiger partial charge is 0.243 e. The molecule has 5 nitrogen and oxygen atoms in total. The van der Waals surface area contributed by atoms with Gasteiger partial charge in [0.15, 0.2) is 0 Å². The van der Waals surface area contributed by atoms with Crippen LogP contribution in [-0.2, 0) is 10.0 Å². The van der Waals surface area contributed by atoms with E-state index in [1.165, 1.54) is 0 Å². The molecule has 0 radical (unpaired) electrons. The zero-order valence-electron chi connectivity index (χ0n) is 11.4. The van der Waals surface area contributed by atoms with Crippen LogP contribution in [-0.4, -0.2) is 43.1 Å². The van der Waals surface area contributed by atoms with Crippen LogP contribution in [0.15, 0.2) is 29.2 Å². The number of methoxy groups -OCH3 is 1. The predicted octanol–water partition coefficient (Wildman–Crippen LogP) is 1.37. The summed E-state index contributed by atoms with van der Waals surface area (Å²) in [5.74, 6) is 0.640. The van der Waals surface area contributed by atoms with Crippen molar-refractivity contribution in [3.05, 3.63) is 24.3 Å². The van der Waals surface area contributed by atoms with Crippen molar-refractivity contribution in [1.82, 2.24) is 4.31 Å². The lowest BCUT2D eigenvalue weighted by molar-refractivity contribution is 0.0769. The third-order valence-electron chi connectivity index (χ3n) is 4.28. The van der Waals surface area contributed by atoms with Gasteiger partial charge in [0.25, 0.3) is 0 Å². The Balaban J connectivity index is 1.92. The van der Waals surface area contributed by atoms with Gasteiger partial charge in [0, 0.05) is 12.1 Å². The fraction of sp³-hybridized carbons (Fsp3) is 0.571. The zero-order valence-corrected chi connectivity index (χ0v) is 12.2. The average molecular weight is 297 g/mol. The first kappa shape index (κ1) is 13.9. The molecule has 6 heteroatoms. The fourth-order valence-corrected chi connectivity index (χ4v) is 5.26. The van der Waals surface area contributed by atoms with E-state index in [-0.39, 0.29) is 18.2 Å². The number of benzene rings is 1. The normalized spacial score (nSPS) is 30.4. The summed E-state index contributed by atoms with van der Waals surface area (Å²) in [4.78, 5) is 0.298. The van der Waals surface area contributed by atoms with E-state index in [9.17, 15) is 13.5 Å². The highest BCUT2D eigenvalue weighted by Crippen LogP contribution is 2.39. The summed E-state index contributed by atoms with van der Waals surface area (Å²) in [6, 6.07) is 6.37. The third kappa shape index (κ3) is 2.21. The number of fused-ring (bicyclic) bond motifs is 2. The molecule has 2 heterocycles. The highest BCUT2D eigenvalue weighted by Gasteiger charge is 2.46. The molecule has 2 bridgehead atoms. The van der Waals surface area contributed by atoms with Crippen LogP contribution in [0, 0.1) is 0 Å². The monoisotopic (exact) mass is 297 g/mol. The molecular formula is C14H19NO4S. The minimum Gasteiger partial charge on any atom is -0.497 e. The first-order chi connectivity index (χ1) is 9.52. The molecule has 1 aromatic carbocycles. The number of ether oxygens (including phenoxy) is 1. The topological polar surface area (TPSA) is 66.8 Å². The van der Waals surface area contributed by atoms with Crippen molar-refractivity contribution < 1.29 is 18.3 Å². The number of hydrogen-bond acceptors (Lipinski definition) is 4. The second kappa shape index (κ2) is 5.02. The van der Waals surface area contributed by atoms with Gasteiger partial charge in [-0.15, -0.1) is 0 Å². The van der Waals surface area contributed by atoms with Crippen LogP contribution in [0.2, 0.25) is 0 Å². The minimum atomic E-state index is -3.48. The van der Waals surface area contributed by atoms with Crippen LogP contribution < -0.4 is 4.74 Å². The number of piperidine rings is 1. The van der Waals surface area contributed by atoms with E-state index >= 15 is 0 Å². The quantitative estimate of drug-likeness (QED) is 0.915. The van der Waals surface area contributed by atoms with Crippen LogP contribution in [0.4, 0.5) is 0 Å². The number of nitrogens with zero attached hydrogens (tertiary/aromatic N) is 1. The van der Waals surface area contributed by atoms with E-state index in [1.807, 2.05) is 0 Å². The van der Waals surface area contributed by atoms with Gasteiger partial charge in [-0.05, 0) is 49.9 Å². The molecule has 2 atom stereocenters. The Kier molecular flexibility index (Phi) is 3.48. The number of hydrogen-bond donors (Lipinski definition) is 1. The van der Waals surface area contributed by atoms with E-state index in [2.05, 4.69) is 0 Å². The van der Waals surface area contributed by atoms with Crippen molar-refractivity contribution in [3.63, 3.8) is 0 Å². The first-order valence-electron chi connectivity index (χ1n) is 6.88. The molecule has 0 amide bonds. The number of aliphatic hydroxyl groups is 1. The summed E-state index contributed by atoms with van der Waals surface area (Å²) in [7, 11) is -1.93. The summed E-state index contributed by atoms with van der Waals surface area (Å²) in [5.41, 5.74) is 0. The van der Waals surface area contributed by atoms with Gasteiger partial charge in [-0.2, -0.15) is 4.31 Å². The predicted molar refractivity (Wildman–Crippen MR) is 74.1 cm³/mol. The molecule has 1 N–H and O–H groups in total. The summed E-state index contributed by atoms with van der Waals surface area (Å²) in [6.45, 7) is 0. The van der Waals surface area contributed by atoms with Crippen molar-refractivity contribution in [1.29, 1.82) is 0 Å². The molecule has 20 heavy (non-hydrogen) atoms. The van der Waals surface area contributed by atoms with Gasteiger partial charge in [-0.1, -0.05) is 0 Å². The molecule has 0 spiro atoms. The molecule has 0 saturated carbocycles. The second-order valence-electron chi connectivity index (χ2n) is 5.52. The Hall–Kier alpha value is -1.11. The SMILES string of the molecule is COc1ccc(S(=O)(=O)N2C3CCC2CC(O)C3)cc1. The van der Waals surface area contributed by atoms with Gasteiger partial charge >= 0.3 is 0 Å². The number of aliphatic hydroxyl groups excluding tert-OH is 1.